The summed E-state index contributed by atoms with van der Waals surface area (Å²) in [6.07, 6.45) is 0. The quantitative estimate of drug-likeness (QED) is 0.200. The van der Waals surface area contributed by atoms with Crippen LogP contribution < -0.4 is 0 Å². The molecule has 3 nitrogen and oxygen atoms in total. The Balaban J connectivity index is 1.17. The second-order valence-corrected chi connectivity index (χ2v) is 13.5. The summed E-state index contributed by atoms with van der Waals surface area (Å²) in [6.45, 7) is 4.69. The molecule has 1 aliphatic carbocycles. The van der Waals surface area contributed by atoms with Gasteiger partial charge in [0.05, 0.1) is 0 Å². The van der Waals surface area contributed by atoms with Crippen LogP contribution in [0.15, 0.2) is 140 Å². The van der Waals surface area contributed by atoms with E-state index in [1.165, 1.54) is 48.0 Å². The van der Waals surface area contributed by atoms with Crippen LogP contribution in [0.25, 0.3) is 76.6 Å². The molecule has 4 heteroatoms. The number of benzene rings is 6. The average Bonchev–Trinajstić information content (AvgIpc) is 3.60. The van der Waals surface area contributed by atoms with Crippen LogP contribution in [-0.2, 0) is 5.41 Å². The smallest absolute Gasteiger partial charge is 0.164 e. The SMILES string of the molecule is CC1(C)c2ccccc2-c2c1ccc1c2sc2ccc(-c3cccc(-c4nc(-c5ccccc5)nc(-c5ccccc5)n4)c3)cc21. The van der Waals surface area contributed by atoms with Gasteiger partial charge in [-0.2, -0.15) is 0 Å². The number of rotatable bonds is 4. The van der Waals surface area contributed by atoms with Crippen molar-refractivity contribution in [2.24, 2.45) is 0 Å². The van der Waals surface area contributed by atoms with Gasteiger partial charge < -0.3 is 0 Å². The van der Waals surface area contributed by atoms with Crippen molar-refractivity contribution in [2.45, 2.75) is 19.3 Å². The Morgan fingerprint density at radius 3 is 1.76 bits per heavy atom. The number of thiophene rings is 1. The topological polar surface area (TPSA) is 38.7 Å². The Bertz CT molecular complexity index is 2380. The van der Waals surface area contributed by atoms with E-state index in [0.717, 1.165) is 22.3 Å². The molecule has 0 saturated carbocycles. The molecule has 0 N–H and O–H groups in total. The molecular formula is C42H29N3S. The van der Waals surface area contributed by atoms with Crippen LogP contribution in [0.2, 0.25) is 0 Å². The number of hydrogen-bond acceptors (Lipinski definition) is 4. The van der Waals surface area contributed by atoms with E-state index in [0.29, 0.717) is 17.5 Å². The lowest BCUT2D eigenvalue weighted by molar-refractivity contribution is 0.661. The average molecular weight is 608 g/mol. The monoisotopic (exact) mass is 607 g/mol. The van der Waals surface area contributed by atoms with E-state index in [1.54, 1.807) is 0 Å². The first-order chi connectivity index (χ1) is 22.5. The second kappa shape index (κ2) is 10.3. The normalized spacial score (nSPS) is 13.2. The highest BCUT2D eigenvalue weighted by molar-refractivity contribution is 7.26. The van der Waals surface area contributed by atoms with Gasteiger partial charge in [0.1, 0.15) is 0 Å². The number of aromatic nitrogens is 3. The van der Waals surface area contributed by atoms with Gasteiger partial charge in [0.25, 0.3) is 0 Å². The third-order valence-corrected chi connectivity index (χ3v) is 10.5. The first-order valence-corrected chi connectivity index (χ1v) is 16.4. The lowest BCUT2D eigenvalue weighted by atomic mass is 9.82. The fourth-order valence-electron chi connectivity index (χ4n) is 6.97. The zero-order chi connectivity index (χ0) is 30.8. The summed E-state index contributed by atoms with van der Waals surface area (Å²) in [5.74, 6) is 1.99. The maximum Gasteiger partial charge on any atom is 0.164 e. The maximum absolute atomic E-state index is 4.96. The summed E-state index contributed by atoms with van der Waals surface area (Å²) < 4.78 is 2.69. The number of hydrogen-bond donors (Lipinski definition) is 0. The van der Waals surface area contributed by atoms with Crippen LogP contribution in [0.1, 0.15) is 25.0 Å². The molecule has 8 aromatic rings. The van der Waals surface area contributed by atoms with Gasteiger partial charge in [-0.05, 0) is 46.0 Å². The molecule has 6 aromatic carbocycles. The van der Waals surface area contributed by atoms with Gasteiger partial charge >= 0.3 is 0 Å². The first kappa shape index (κ1) is 26.9. The van der Waals surface area contributed by atoms with Crippen LogP contribution in [0.4, 0.5) is 0 Å². The molecular weight excluding hydrogens is 579 g/mol. The Kier molecular flexibility index (Phi) is 6.02. The summed E-state index contributed by atoms with van der Waals surface area (Å²) in [4.78, 5) is 14.8. The molecule has 1 aliphatic rings. The van der Waals surface area contributed by atoms with Crippen molar-refractivity contribution in [3.63, 3.8) is 0 Å². The molecule has 2 aromatic heterocycles. The minimum Gasteiger partial charge on any atom is -0.208 e. The van der Waals surface area contributed by atoms with Gasteiger partial charge in [0.15, 0.2) is 17.5 Å². The van der Waals surface area contributed by atoms with Crippen molar-refractivity contribution < 1.29 is 0 Å². The highest BCUT2D eigenvalue weighted by atomic mass is 32.1. The maximum atomic E-state index is 4.96. The molecule has 218 valence electrons. The second-order valence-electron chi connectivity index (χ2n) is 12.5. The molecule has 46 heavy (non-hydrogen) atoms. The molecule has 0 spiro atoms. The molecule has 0 fully saturated rings. The van der Waals surface area contributed by atoms with Crippen LogP contribution >= 0.6 is 11.3 Å². The predicted molar refractivity (Wildman–Crippen MR) is 192 cm³/mol. The molecule has 0 amide bonds. The fraction of sp³-hybridized carbons (Fsp3) is 0.0714. The molecule has 0 saturated heterocycles. The van der Waals surface area contributed by atoms with Crippen LogP contribution in [-0.4, -0.2) is 15.0 Å². The Morgan fingerprint density at radius 2 is 1.04 bits per heavy atom. The van der Waals surface area contributed by atoms with Crippen molar-refractivity contribution in [1.29, 1.82) is 0 Å². The zero-order valence-corrected chi connectivity index (χ0v) is 26.3. The minimum absolute atomic E-state index is 0.00231. The summed E-state index contributed by atoms with van der Waals surface area (Å²) in [6, 6.07) is 49.3. The molecule has 2 heterocycles. The van der Waals surface area contributed by atoms with Crippen LogP contribution in [0, 0.1) is 0 Å². The summed E-state index contributed by atoms with van der Waals surface area (Å²) in [7, 11) is 0. The molecule has 0 atom stereocenters. The molecule has 0 radical (unpaired) electrons. The van der Waals surface area contributed by atoms with Crippen molar-refractivity contribution in [3.8, 4) is 56.4 Å². The minimum atomic E-state index is -0.00231. The molecule has 0 unspecified atom stereocenters. The molecule has 0 aliphatic heterocycles. The van der Waals surface area contributed by atoms with E-state index >= 15 is 0 Å². The van der Waals surface area contributed by atoms with Crippen molar-refractivity contribution in [2.75, 3.05) is 0 Å². The standard InChI is InChI=1S/C42H29N3S/c1-42(2)34-19-10-9-18-32(34)37-35(42)22-21-31-33-25-29(20-23-36(33)46-38(31)37)28-16-11-17-30(24-28)41-44-39(26-12-5-3-6-13-26)43-40(45-41)27-14-7-4-8-15-27/h3-25H,1-2H3. The number of nitrogens with zero attached hydrogens (tertiary/aromatic N) is 3. The predicted octanol–water partition coefficient (Wildman–Crippen LogP) is 11.2. The summed E-state index contributed by atoms with van der Waals surface area (Å²) in [5.41, 5.74) is 10.8. The van der Waals surface area contributed by atoms with E-state index in [2.05, 4.69) is 92.7 Å². The van der Waals surface area contributed by atoms with Gasteiger partial charge in [-0.25, -0.2) is 15.0 Å². The fourth-order valence-corrected chi connectivity index (χ4v) is 8.22. The zero-order valence-electron chi connectivity index (χ0n) is 25.5. The van der Waals surface area contributed by atoms with E-state index in [-0.39, 0.29) is 5.41 Å². The Labute approximate surface area is 271 Å². The highest BCUT2D eigenvalue weighted by Crippen LogP contribution is 2.53. The first-order valence-electron chi connectivity index (χ1n) is 15.6. The molecule has 9 rings (SSSR count). The lowest BCUT2D eigenvalue weighted by Crippen LogP contribution is -2.14. The van der Waals surface area contributed by atoms with Gasteiger partial charge in [-0.3, -0.25) is 0 Å². The van der Waals surface area contributed by atoms with E-state index < -0.39 is 0 Å². The highest BCUT2D eigenvalue weighted by Gasteiger charge is 2.36. The summed E-state index contributed by atoms with van der Waals surface area (Å²) in [5, 5.41) is 2.62. The third-order valence-electron chi connectivity index (χ3n) is 9.34. The molecule has 0 bridgehead atoms. The van der Waals surface area contributed by atoms with E-state index in [9.17, 15) is 0 Å². The van der Waals surface area contributed by atoms with Gasteiger partial charge in [0.2, 0.25) is 0 Å². The lowest BCUT2D eigenvalue weighted by Gasteiger charge is -2.21. The number of fused-ring (bicyclic) bond motifs is 7. The van der Waals surface area contributed by atoms with Crippen LogP contribution in [0.5, 0.6) is 0 Å². The van der Waals surface area contributed by atoms with E-state index in [1.807, 2.05) is 72.0 Å². The van der Waals surface area contributed by atoms with E-state index in [4.69, 9.17) is 15.0 Å². The third kappa shape index (κ3) is 4.22. The van der Waals surface area contributed by atoms with Gasteiger partial charge in [0, 0.05) is 47.8 Å². The van der Waals surface area contributed by atoms with Crippen molar-refractivity contribution >= 4 is 31.5 Å². The van der Waals surface area contributed by atoms with Crippen molar-refractivity contribution in [1.82, 2.24) is 15.0 Å². The Hall–Kier alpha value is -5.45. The van der Waals surface area contributed by atoms with Gasteiger partial charge in [-0.15, -0.1) is 11.3 Å². The van der Waals surface area contributed by atoms with Crippen molar-refractivity contribution in [3.05, 3.63) is 151 Å². The Morgan fingerprint density at radius 1 is 0.457 bits per heavy atom. The van der Waals surface area contributed by atoms with Gasteiger partial charge in [-0.1, -0.05) is 135 Å². The largest absolute Gasteiger partial charge is 0.208 e. The summed E-state index contributed by atoms with van der Waals surface area (Å²) >= 11 is 1.91. The van der Waals surface area contributed by atoms with Crippen LogP contribution in [0.3, 0.4) is 0 Å².